The van der Waals surface area contributed by atoms with E-state index in [0.717, 1.165) is 5.69 Å². The molecule has 86 valence electrons. The van der Waals surface area contributed by atoms with Crippen molar-refractivity contribution in [3.05, 3.63) is 27.6 Å². The molecule has 0 aromatic carbocycles. The Hall–Kier alpha value is -2.32. The average Bonchev–Trinajstić information content (AvgIpc) is 2.33. The van der Waals surface area contributed by atoms with Crippen LogP contribution >= 0.6 is 0 Å². The predicted octanol–water partition coefficient (Wildman–Crippen LogP) is -0.483. The summed E-state index contributed by atoms with van der Waals surface area (Å²) in [4.78, 5) is 8.36. The van der Waals surface area contributed by atoms with E-state index in [0.29, 0.717) is 0 Å². The van der Waals surface area contributed by atoms with Crippen LogP contribution in [0.1, 0.15) is 11.3 Å². The molecule has 1 rings (SSSR count). The molecule has 7 N–H and O–H groups in total. The summed E-state index contributed by atoms with van der Waals surface area (Å²) >= 11 is 0. The average molecular weight is 218 g/mol. The number of nitrogens with two attached hydrogens (primary N) is 2. The van der Waals surface area contributed by atoms with Crippen molar-refractivity contribution >= 4 is 5.96 Å². The number of aromatic nitrogens is 2. The molecular weight excluding hydrogens is 204 g/mol. The first-order chi connectivity index (χ1) is 6.77. The molecule has 1 aromatic rings. The molecule has 0 fully saturated rings. The minimum absolute atomic E-state index is 0.333. The van der Waals surface area contributed by atoms with Crippen LogP contribution in [-0.2, 0) is 0 Å². The molecule has 0 spiro atoms. The first-order valence-corrected chi connectivity index (χ1v) is 3.66. The van der Waals surface area contributed by atoms with Crippen LogP contribution in [0.4, 0.5) is 0 Å². The lowest BCUT2D eigenvalue weighted by atomic mass is 10.3. The Bertz CT molecular complexity index is 273. The van der Waals surface area contributed by atoms with Crippen LogP contribution in [0.5, 0.6) is 0 Å². The molecule has 0 aliphatic rings. The normalized spacial score (nSPS) is 7.60. The predicted molar refractivity (Wildman–Crippen MR) is 52.9 cm³/mol. The number of guanidine groups is 1. The third kappa shape index (κ3) is 18.6. The standard InChI is InChI=1S/C5H8N2.CH5N3.HNO3/c1-4-3-6-7-5(4)2;2*2-1(3)4/h3H,1-2H3,(H,6,7);(H5,2,3,4);(H,2,3,4). The largest absolute Gasteiger partial charge is 0.370 e. The summed E-state index contributed by atoms with van der Waals surface area (Å²) in [5.74, 6) is -0.333. The van der Waals surface area contributed by atoms with E-state index in [-0.39, 0.29) is 5.96 Å². The van der Waals surface area contributed by atoms with Gasteiger partial charge in [-0.2, -0.15) is 5.10 Å². The second kappa shape index (κ2) is 8.29. The lowest BCUT2D eigenvalue weighted by Crippen LogP contribution is -2.20. The van der Waals surface area contributed by atoms with Gasteiger partial charge in [0.15, 0.2) is 5.96 Å². The van der Waals surface area contributed by atoms with E-state index >= 15 is 0 Å². The van der Waals surface area contributed by atoms with E-state index in [9.17, 15) is 0 Å². The van der Waals surface area contributed by atoms with Crippen molar-refractivity contribution < 1.29 is 10.3 Å². The SMILES string of the molecule is Cc1cn[nH]c1C.N=C(N)N.O=[N+]([O-])O. The molecule has 0 saturated carbocycles. The number of hydrogen-bond donors (Lipinski definition) is 5. The number of aryl methyl sites for hydroxylation is 2. The second-order valence-corrected chi connectivity index (χ2v) is 2.37. The van der Waals surface area contributed by atoms with Crippen molar-refractivity contribution in [1.29, 1.82) is 5.41 Å². The van der Waals surface area contributed by atoms with Crippen molar-refractivity contribution in [2.75, 3.05) is 0 Å². The van der Waals surface area contributed by atoms with Gasteiger partial charge in [0.1, 0.15) is 0 Å². The van der Waals surface area contributed by atoms with Crippen molar-refractivity contribution in [1.82, 2.24) is 10.2 Å². The first-order valence-electron chi connectivity index (χ1n) is 3.66. The Labute approximate surface area is 85.7 Å². The fourth-order valence-electron chi connectivity index (χ4n) is 0.411. The fraction of sp³-hybridized carbons (Fsp3) is 0.333. The molecule has 1 aromatic heterocycles. The third-order valence-electron chi connectivity index (χ3n) is 1.08. The molecule has 0 unspecified atom stereocenters. The van der Waals surface area contributed by atoms with Gasteiger partial charge in [-0.3, -0.25) is 10.5 Å². The maximum absolute atomic E-state index is 8.36. The van der Waals surface area contributed by atoms with Gasteiger partial charge in [0.05, 0.1) is 6.20 Å². The maximum atomic E-state index is 8.36. The lowest BCUT2D eigenvalue weighted by Gasteiger charge is -1.78. The van der Waals surface area contributed by atoms with Crippen LogP contribution in [0.15, 0.2) is 6.20 Å². The number of rotatable bonds is 0. The highest BCUT2D eigenvalue weighted by molar-refractivity contribution is 5.71. The van der Waals surface area contributed by atoms with Crippen molar-refractivity contribution in [2.45, 2.75) is 13.8 Å². The zero-order valence-electron chi connectivity index (χ0n) is 8.39. The summed E-state index contributed by atoms with van der Waals surface area (Å²) in [6.07, 6.45) is 1.81. The summed E-state index contributed by atoms with van der Waals surface area (Å²) in [6.45, 7) is 4.03. The minimum Gasteiger partial charge on any atom is -0.370 e. The Morgan fingerprint density at radius 1 is 1.67 bits per heavy atom. The molecule has 0 atom stereocenters. The Balaban J connectivity index is 0. The number of hydrogen-bond acceptors (Lipinski definition) is 4. The molecule has 0 aliphatic heterocycles. The molecule has 9 heteroatoms. The maximum Gasteiger partial charge on any atom is 0.291 e. The molecule has 9 nitrogen and oxygen atoms in total. The topological polar surface area (TPSA) is 168 Å². The van der Waals surface area contributed by atoms with E-state index < -0.39 is 5.09 Å². The minimum atomic E-state index is -1.50. The van der Waals surface area contributed by atoms with Crippen LogP contribution in [-0.4, -0.2) is 26.5 Å². The Morgan fingerprint density at radius 2 is 2.00 bits per heavy atom. The monoisotopic (exact) mass is 218 g/mol. The summed E-state index contributed by atoms with van der Waals surface area (Å²) in [7, 11) is 0. The molecular formula is C6H14N6O3. The van der Waals surface area contributed by atoms with Crippen LogP contribution in [0, 0.1) is 29.4 Å². The van der Waals surface area contributed by atoms with E-state index in [2.05, 4.69) is 21.7 Å². The molecule has 0 radical (unpaired) electrons. The van der Waals surface area contributed by atoms with Crippen LogP contribution < -0.4 is 11.5 Å². The molecule has 0 bridgehead atoms. The fourth-order valence-corrected chi connectivity index (χ4v) is 0.411. The van der Waals surface area contributed by atoms with Crippen molar-refractivity contribution in [3.8, 4) is 0 Å². The number of H-pyrrole nitrogens is 1. The Kier molecular flexibility index (Phi) is 8.38. The zero-order chi connectivity index (χ0) is 12.4. The van der Waals surface area contributed by atoms with Crippen molar-refractivity contribution in [2.24, 2.45) is 11.5 Å². The molecule has 1 heterocycles. The van der Waals surface area contributed by atoms with Crippen LogP contribution in [0.2, 0.25) is 0 Å². The summed E-state index contributed by atoms with van der Waals surface area (Å²) < 4.78 is 0. The lowest BCUT2D eigenvalue weighted by molar-refractivity contribution is -0.742. The van der Waals surface area contributed by atoms with E-state index in [1.165, 1.54) is 5.56 Å². The number of aromatic amines is 1. The highest BCUT2D eigenvalue weighted by Gasteiger charge is 1.87. The van der Waals surface area contributed by atoms with E-state index in [1.54, 1.807) is 0 Å². The molecule has 0 aliphatic carbocycles. The third-order valence-corrected chi connectivity index (χ3v) is 1.08. The number of nitrogens with zero attached hydrogens (tertiary/aromatic N) is 2. The van der Waals surface area contributed by atoms with Gasteiger partial charge in [-0.1, -0.05) is 0 Å². The van der Waals surface area contributed by atoms with Crippen LogP contribution in [0.25, 0.3) is 0 Å². The summed E-state index contributed by atoms with van der Waals surface area (Å²) in [5, 5.41) is 26.3. The van der Waals surface area contributed by atoms with E-state index in [1.807, 2.05) is 20.0 Å². The highest BCUT2D eigenvalue weighted by Crippen LogP contribution is 1.96. The van der Waals surface area contributed by atoms with Crippen molar-refractivity contribution in [3.63, 3.8) is 0 Å². The number of nitrogens with one attached hydrogen (secondary N) is 2. The first kappa shape index (κ1) is 15.2. The van der Waals surface area contributed by atoms with Gasteiger partial charge in [0.25, 0.3) is 5.09 Å². The smallest absolute Gasteiger partial charge is 0.291 e. The van der Waals surface area contributed by atoms with Gasteiger partial charge in [-0.25, -0.2) is 0 Å². The summed E-state index contributed by atoms with van der Waals surface area (Å²) in [6, 6.07) is 0. The molecule has 0 saturated heterocycles. The van der Waals surface area contributed by atoms with Gasteiger partial charge in [0.2, 0.25) is 0 Å². The van der Waals surface area contributed by atoms with Gasteiger partial charge >= 0.3 is 0 Å². The van der Waals surface area contributed by atoms with Gasteiger partial charge in [0, 0.05) is 5.69 Å². The summed E-state index contributed by atoms with van der Waals surface area (Å²) in [5.41, 5.74) is 11.3. The van der Waals surface area contributed by atoms with Gasteiger partial charge in [-0.15, -0.1) is 10.1 Å². The van der Waals surface area contributed by atoms with E-state index in [4.69, 9.17) is 20.7 Å². The zero-order valence-corrected chi connectivity index (χ0v) is 8.39. The van der Waals surface area contributed by atoms with Crippen LogP contribution in [0.3, 0.4) is 0 Å². The second-order valence-electron chi connectivity index (χ2n) is 2.37. The highest BCUT2D eigenvalue weighted by atomic mass is 16.9. The molecule has 0 amide bonds. The quantitative estimate of drug-likeness (QED) is 0.170. The van der Waals surface area contributed by atoms with Gasteiger partial charge < -0.3 is 16.7 Å². The van der Waals surface area contributed by atoms with Gasteiger partial charge in [-0.05, 0) is 19.4 Å². The molecule has 15 heavy (non-hydrogen) atoms. The Morgan fingerprint density at radius 3 is 2.07 bits per heavy atom.